The maximum Gasteiger partial charge on any atom is 0.255 e. The Bertz CT molecular complexity index is 642. The first-order valence-electron chi connectivity index (χ1n) is 5.85. The molecule has 0 unspecified atom stereocenters. The maximum absolute atomic E-state index is 13.8. The third kappa shape index (κ3) is 2.75. The molecular formula is C14H13F2N3O. The fraction of sp³-hybridized carbons (Fsp3) is 0.0714. The average molecular weight is 277 g/mol. The molecule has 0 bridgehead atoms. The molecule has 2 aromatic carbocycles. The fourth-order valence-corrected chi connectivity index (χ4v) is 1.67. The van der Waals surface area contributed by atoms with Crippen molar-refractivity contribution in [3.63, 3.8) is 0 Å². The molecule has 2 aromatic rings. The summed E-state index contributed by atoms with van der Waals surface area (Å²) in [5.41, 5.74) is 3.11. The second-order valence-corrected chi connectivity index (χ2v) is 4.23. The summed E-state index contributed by atoms with van der Waals surface area (Å²) < 4.78 is 27.3. The zero-order valence-corrected chi connectivity index (χ0v) is 10.7. The van der Waals surface area contributed by atoms with E-state index in [1.54, 1.807) is 12.1 Å². The number of amides is 1. The number of carbonyl (C=O) groups is 1. The normalized spacial score (nSPS) is 10.2. The summed E-state index contributed by atoms with van der Waals surface area (Å²) in [6.07, 6.45) is 0. The molecule has 1 amide bonds. The van der Waals surface area contributed by atoms with Crippen LogP contribution >= 0.6 is 0 Å². The molecule has 104 valence electrons. The molecule has 6 heteroatoms. The van der Waals surface area contributed by atoms with Gasteiger partial charge in [0.1, 0.15) is 11.5 Å². The van der Waals surface area contributed by atoms with Crippen molar-refractivity contribution in [2.75, 3.05) is 10.7 Å². The van der Waals surface area contributed by atoms with Crippen LogP contribution in [-0.2, 0) is 0 Å². The highest BCUT2D eigenvalue weighted by atomic mass is 19.1. The SMILES string of the molecule is Cc1ccc(F)c(NC(=O)c2ccc(NN)cc2)c1F. The Kier molecular flexibility index (Phi) is 3.95. The Morgan fingerprint density at radius 2 is 1.75 bits per heavy atom. The van der Waals surface area contributed by atoms with Crippen LogP contribution in [0.1, 0.15) is 15.9 Å². The Labute approximate surface area is 114 Å². The van der Waals surface area contributed by atoms with Gasteiger partial charge >= 0.3 is 0 Å². The van der Waals surface area contributed by atoms with Crippen LogP contribution < -0.4 is 16.6 Å². The number of nitrogen functional groups attached to an aromatic ring is 1. The van der Waals surface area contributed by atoms with Crippen LogP contribution in [0, 0.1) is 18.6 Å². The van der Waals surface area contributed by atoms with Crippen LogP contribution in [0.2, 0.25) is 0 Å². The van der Waals surface area contributed by atoms with Gasteiger partial charge in [-0.1, -0.05) is 6.07 Å². The maximum atomic E-state index is 13.8. The van der Waals surface area contributed by atoms with E-state index >= 15 is 0 Å². The number of benzene rings is 2. The summed E-state index contributed by atoms with van der Waals surface area (Å²) in [5, 5.41) is 2.23. The highest BCUT2D eigenvalue weighted by Crippen LogP contribution is 2.22. The topological polar surface area (TPSA) is 67.2 Å². The molecule has 4 N–H and O–H groups in total. The van der Waals surface area contributed by atoms with E-state index in [0.29, 0.717) is 5.69 Å². The predicted molar refractivity (Wildman–Crippen MR) is 73.3 cm³/mol. The van der Waals surface area contributed by atoms with Gasteiger partial charge in [-0.15, -0.1) is 0 Å². The largest absolute Gasteiger partial charge is 0.324 e. The fourth-order valence-electron chi connectivity index (χ4n) is 1.67. The number of anilines is 2. The zero-order chi connectivity index (χ0) is 14.7. The number of hydrazine groups is 1. The van der Waals surface area contributed by atoms with E-state index in [-0.39, 0.29) is 11.1 Å². The Morgan fingerprint density at radius 1 is 1.10 bits per heavy atom. The predicted octanol–water partition coefficient (Wildman–Crippen LogP) is 2.81. The van der Waals surface area contributed by atoms with Crippen LogP contribution in [0.4, 0.5) is 20.2 Å². The lowest BCUT2D eigenvalue weighted by atomic mass is 10.1. The molecule has 0 spiro atoms. The highest BCUT2D eigenvalue weighted by Gasteiger charge is 2.15. The molecule has 0 aliphatic rings. The quantitative estimate of drug-likeness (QED) is 0.597. The number of hydrogen-bond donors (Lipinski definition) is 3. The molecule has 0 fully saturated rings. The number of rotatable bonds is 3. The first-order valence-corrected chi connectivity index (χ1v) is 5.85. The van der Waals surface area contributed by atoms with Crippen molar-refractivity contribution in [3.8, 4) is 0 Å². The number of carbonyl (C=O) groups excluding carboxylic acids is 1. The molecule has 0 saturated carbocycles. The molecule has 0 aliphatic carbocycles. The van der Waals surface area contributed by atoms with E-state index in [2.05, 4.69) is 10.7 Å². The lowest BCUT2D eigenvalue weighted by Gasteiger charge is -2.09. The van der Waals surface area contributed by atoms with Gasteiger partial charge < -0.3 is 10.7 Å². The number of nitrogens with two attached hydrogens (primary N) is 1. The standard InChI is InChI=1S/C14H13F2N3O/c1-8-2-7-11(15)13(12(8)16)18-14(20)9-3-5-10(19-17)6-4-9/h2-7,19H,17H2,1H3,(H,18,20). The highest BCUT2D eigenvalue weighted by molar-refractivity contribution is 6.04. The van der Waals surface area contributed by atoms with Crippen LogP contribution in [0.5, 0.6) is 0 Å². The van der Waals surface area contributed by atoms with E-state index in [9.17, 15) is 13.6 Å². The second kappa shape index (κ2) is 5.66. The van der Waals surface area contributed by atoms with E-state index < -0.39 is 23.2 Å². The molecule has 2 rings (SSSR count). The molecular weight excluding hydrogens is 264 g/mol. The first-order chi connectivity index (χ1) is 9.52. The number of nitrogens with one attached hydrogen (secondary N) is 2. The average Bonchev–Trinajstić information content (AvgIpc) is 2.47. The lowest BCUT2D eigenvalue weighted by molar-refractivity contribution is 0.102. The van der Waals surface area contributed by atoms with Crippen molar-refractivity contribution in [3.05, 3.63) is 59.2 Å². The first kappa shape index (κ1) is 14.0. The molecule has 20 heavy (non-hydrogen) atoms. The number of hydrogen-bond acceptors (Lipinski definition) is 3. The van der Waals surface area contributed by atoms with Gasteiger partial charge in [-0.2, -0.15) is 0 Å². The van der Waals surface area contributed by atoms with Crippen molar-refractivity contribution < 1.29 is 13.6 Å². The van der Waals surface area contributed by atoms with Crippen molar-refractivity contribution >= 4 is 17.3 Å². The van der Waals surface area contributed by atoms with Crippen LogP contribution in [0.3, 0.4) is 0 Å². The molecule has 0 atom stereocenters. The molecule has 0 heterocycles. The summed E-state index contributed by atoms with van der Waals surface area (Å²) in [6.45, 7) is 1.49. The smallest absolute Gasteiger partial charge is 0.255 e. The monoisotopic (exact) mass is 277 g/mol. The second-order valence-electron chi connectivity index (χ2n) is 4.23. The number of aryl methyl sites for hydroxylation is 1. The Balaban J connectivity index is 2.25. The third-order valence-corrected chi connectivity index (χ3v) is 2.84. The van der Waals surface area contributed by atoms with E-state index in [4.69, 9.17) is 5.84 Å². The summed E-state index contributed by atoms with van der Waals surface area (Å²) in [7, 11) is 0. The van der Waals surface area contributed by atoms with Gasteiger partial charge in [0.2, 0.25) is 0 Å². The van der Waals surface area contributed by atoms with Gasteiger partial charge in [0.05, 0.1) is 0 Å². The van der Waals surface area contributed by atoms with Gasteiger partial charge in [0.15, 0.2) is 5.82 Å². The Morgan fingerprint density at radius 3 is 2.35 bits per heavy atom. The van der Waals surface area contributed by atoms with Gasteiger partial charge in [-0.25, -0.2) is 8.78 Å². The molecule has 0 aliphatic heterocycles. The van der Waals surface area contributed by atoms with Crippen LogP contribution in [0.25, 0.3) is 0 Å². The minimum atomic E-state index is -0.818. The summed E-state index contributed by atoms with van der Waals surface area (Å²) in [4.78, 5) is 11.9. The summed E-state index contributed by atoms with van der Waals surface area (Å²) >= 11 is 0. The van der Waals surface area contributed by atoms with Gasteiger partial charge in [0, 0.05) is 11.3 Å². The van der Waals surface area contributed by atoms with Crippen molar-refractivity contribution in [2.24, 2.45) is 5.84 Å². The summed E-state index contributed by atoms with van der Waals surface area (Å²) in [6, 6.07) is 8.57. The molecule has 0 saturated heterocycles. The van der Waals surface area contributed by atoms with E-state index in [1.807, 2.05) is 0 Å². The minimum absolute atomic E-state index is 0.254. The van der Waals surface area contributed by atoms with E-state index in [0.717, 1.165) is 6.07 Å². The molecule has 0 radical (unpaired) electrons. The van der Waals surface area contributed by atoms with E-state index in [1.165, 1.54) is 25.1 Å². The minimum Gasteiger partial charge on any atom is -0.324 e. The van der Waals surface area contributed by atoms with Crippen molar-refractivity contribution in [1.29, 1.82) is 0 Å². The van der Waals surface area contributed by atoms with Gasteiger partial charge in [-0.05, 0) is 42.8 Å². The van der Waals surface area contributed by atoms with Crippen LogP contribution in [0.15, 0.2) is 36.4 Å². The molecule has 4 nitrogen and oxygen atoms in total. The number of halogens is 2. The Hall–Kier alpha value is -2.47. The van der Waals surface area contributed by atoms with Crippen molar-refractivity contribution in [1.82, 2.24) is 0 Å². The summed E-state index contributed by atoms with van der Waals surface area (Å²) in [5.74, 6) is 3.01. The van der Waals surface area contributed by atoms with Gasteiger partial charge in [0.25, 0.3) is 5.91 Å². The zero-order valence-electron chi connectivity index (χ0n) is 10.7. The third-order valence-electron chi connectivity index (χ3n) is 2.84. The van der Waals surface area contributed by atoms with Crippen molar-refractivity contribution in [2.45, 2.75) is 6.92 Å². The van der Waals surface area contributed by atoms with Crippen LogP contribution in [-0.4, -0.2) is 5.91 Å². The molecule has 0 aromatic heterocycles. The van der Waals surface area contributed by atoms with Gasteiger partial charge in [-0.3, -0.25) is 10.6 Å². The lowest BCUT2D eigenvalue weighted by Crippen LogP contribution is -2.15.